The normalized spacial score (nSPS) is 16.4. The number of carbonyl (C=O) groups excluding carboxylic acids is 1. The number of rotatable bonds is 6. The van der Waals surface area contributed by atoms with Crippen LogP contribution in [-0.2, 0) is 20.8 Å². The van der Waals surface area contributed by atoms with Gasteiger partial charge in [0.15, 0.2) is 5.82 Å². The number of fused-ring (bicyclic) bond motifs is 1. The van der Waals surface area contributed by atoms with E-state index in [2.05, 4.69) is 55.1 Å². The lowest BCUT2D eigenvalue weighted by atomic mass is 10.2. The molecule has 0 bridgehead atoms. The van der Waals surface area contributed by atoms with Gasteiger partial charge in [-0.25, -0.2) is 19.9 Å². The Morgan fingerprint density at radius 2 is 1.84 bits per heavy atom. The van der Waals surface area contributed by atoms with E-state index in [9.17, 15) is 4.79 Å². The van der Waals surface area contributed by atoms with E-state index in [-0.39, 0.29) is 12.0 Å². The fourth-order valence-electron chi connectivity index (χ4n) is 4.05. The van der Waals surface area contributed by atoms with Gasteiger partial charge in [0.25, 0.3) is 0 Å². The first-order valence-corrected chi connectivity index (χ1v) is 13.4. The van der Waals surface area contributed by atoms with Gasteiger partial charge < -0.3 is 25.0 Å². The van der Waals surface area contributed by atoms with Crippen molar-refractivity contribution in [3.05, 3.63) is 23.3 Å². The third-order valence-corrected chi connectivity index (χ3v) is 6.95. The fourth-order valence-corrected chi connectivity index (χ4v) is 5.11. The number of esters is 1. The molecule has 0 saturated carbocycles. The maximum atomic E-state index is 9.59. The molecule has 2 N–H and O–H groups in total. The van der Waals surface area contributed by atoms with E-state index in [1.54, 1.807) is 23.7 Å². The molecule has 12 heteroatoms. The molecule has 0 spiro atoms. The van der Waals surface area contributed by atoms with E-state index in [4.69, 9.17) is 14.7 Å². The lowest BCUT2D eigenvalue weighted by Gasteiger charge is -2.28. The summed E-state index contributed by atoms with van der Waals surface area (Å²) in [6.07, 6.45) is 3.61. The maximum Gasteiger partial charge on any atom is 0.302 e. The van der Waals surface area contributed by atoms with Gasteiger partial charge in [-0.3, -0.25) is 9.69 Å². The molecule has 0 radical (unpaired) electrons. The van der Waals surface area contributed by atoms with Crippen LogP contribution < -0.4 is 15.5 Å². The molecule has 5 heterocycles. The first-order chi connectivity index (χ1) is 17.9. The topological polar surface area (TPSA) is 118 Å². The van der Waals surface area contributed by atoms with Crippen LogP contribution in [0.1, 0.15) is 25.6 Å². The Morgan fingerprint density at radius 3 is 2.46 bits per heavy atom. The number of thiophene rings is 1. The Labute approximate surface area is 221 Å². The predicted molar refractivity (Wildman–Crippen MR) is 146 cm³/mol. The molecule has 3 aromatic heterocycles. The van der Waals surface area contributed by atoms with Crippen molar-refractivity contribution in [2.75, 3.05) is 69.8 Å². The van der Waals surface area contributed by atoms with E-state index in [0.29, 0.717) is 11.8 Å². The van der Waals surface area contributed by atoms with Gasteiger partial charge in [-0.05, 0) is 19.9 Å². The van der Waals surface area contributed by atoms with E-state index in [1.807, 2.05) is 0 Å². The molecule has 2 aliphatic rings. The quantitative estimate of drug-likeness (QED) is 0.459. The summed E-state index contributed by atoms with van der Waals surface area (Å²) in [6.45, 7) is 13.8. The second-order valence-electron chi connectivity index (χ2n) is 9.22. The Balaban J connectivity index is 0.000000586. The summed E-state index contributed by atoms with van der Waals surface area (Å²) in [6, 6.07) is 2.56. The number of aromatic nitrogens is 4. The highest BCUT2D eigenvalue weighted by atomic mass is 32.1. The van der Waals surface area contributed by atoms with Crippen LogP contribution in [0.4, 0.5) is 11.8 Å². The fraction of sp³-hybridized carbons (Fsp3) is 0.560. The predicted octanol–water partition coefficient (Wildman–Crippen LogP) is 2.39. The van der Waals surface area contributed by atoms with Gasteiger partial charge in [-0.15, -0.1) is 11.3 Å². The number of ether oxygens (including phenoxy) is 2. The van der Waals surface area contributed by atoms with Gasteiger partial charge in [0.1, 0.15) is 10.6 Å². The van der Waals surface area contributed by atoms with Gasteiger partial charge in [0.2, 0.25) is 5.95 Å². The molecule has 0 aromatic carbocycles. The Kier molecular flexibility index (Phi) is 9.56. The number of anilines is 2. The summed E-state index contributed by atoms with van der Waals surface area (Å²) in [7, 11) is 1.35. The maximum absolute atomic E-state index is 9.59. The van der Waals surface area contributed by atoms with Gasteiger partial charge in [-0.2, -0.15) is 0 Å². The average Bonchev–Trinajstić information content (AvgIpc) is 3.32. The van der Waals surface area contributed by atoms with Crippen LogP contribution in [-0.4, -0.2) is 96.4 Å². The van der Waals surface area contributed by atoms with E-state index in [1.165, 1.54) is 18.9 Å². The van der Waals surface area contributed by atoms with Crippen molar-refractivity contribution < 1.29 is 14.3 Å². The largest absolute Gasteiger partial charge is 0.469 e. The van der Waals surface area contributed by atoms with Gasteiger partial charge in [-0.1, -0.05) is 0 Å². The Hall–Kier alpha value is -2.93. The molecule has 0 atom stereocenters. The van der Waals surface area contributed by atoms with Gasteiger partial charge >= 0.3 is 5.97 Å². The minimum atomic E-state index is -0.245. The molecule has 3 aromatic rings. The molecule has 0 aliphatic carbocycles. The van der Waals surface area contributed by atoms with Crippen molar-refractivity contribution in [3.63, 3.8) is 0 Å². The first-order valence-electron chi connectivity index (χ1n) is 12.6. The zero-order valence-corrected chi connectivity index (χ0v) is 22.8. The highest BCUT2D eigenvalue weighted by Gasteiger charge is 2.21. The van der Waals surface area contributed by atoms with E-state index in [0.717, 1.165) is 80.6 Å². The molecular formula is C25H36N8O3S. The van der Waals surface area contributed by atoms with Crippen molar-refractivity contribution in [3.8, 4) is 11.4 Å². The zero-order valence-electron chi connectivity index (χ0n) is 22.0. The van der Waals surface area contributed by atoms with E-state index >= 15 is 0 Å². The molecule has 5 rings (SSSR count). The number of nitrogens with zero attached hydrogens (tertiary/aromatic N) is 6. The number of piperazine rings is 1. The Bertz CT molecular complexity index is 1160. The van der Waals surface area contributed by atoms with Crippen molar-refractivity contribution in [1.82, 2.24) is 30.2 Å². The van der Waals surface area contributed by atoms with Crippen molar-refractivity contribution in [2.45, 2.75) is 33.4 Å². The summed E-state index contributed by atoms with van der Waals surface area (Å²) in [5.74, 6) is 2.03. The lowest BCUT2D eigenvalue weighted by molar-refractivity contribution is -0.137. The molecule has 2 fully saturated rings. The van der Waals surface area contributed by atoms with Crippen molar-refractivity contribution in [2.24, 2.45) is 0 Å². The van der Waals surface area contributed by atoms with Crippen LogP contribution in [0.15, 0.2) is 18.5 Å². The summed E-state index contributed by atoms with van der Waals surface area (Å²) >= 11 is 1.77. The number of hydrogen-bond acceptors (Lipinski definition) is 12. The molecule has 2 saturated heterocycles. The molecule has 11 nitrogen and oxygen atoms in total. The zero-order chi connectivity index (χ0) is 26.2. The van der Waals surface area contributed by atoms with E-state index < -0.39 is 0 Å². The summed E-state index contributed by atoms with van der Waals surface area (Å²) in [5.41, 5.74) is 0.827. The highest BCUT2D eigenvalue weighted by Crippen LogP contribution is 2.34. The van der Waals surface area contributed by atoms with Crippen LogP contribution in [0.3, 0.4) is 0 Å². The molecular weight excluding hydrogens is 492 g/mol. The standard InChI is InChI=1S/C22H30N8OS.C3H6O2/c1-15(2)26-22-24-12-16(13-25-22)19-27-20(30-7-9-31-10-8-30)18-11-17(32-21(18)28-19)14-29-5-3-23-4-6-29;1-3(4)5-2/h11-13,15,23H,3-10,14H2,1-2H3,(H,24,25,26);1-2H3. The second-order valence-corrected chi connectivity index (χ2v) is 10.3. The van der Waals surface area contributed by atoms with Crippen LogP contribution in [0.5, 0.6) is 0 Å². The first kappa shape index (κ1) is 27.1. The minimum Gasteiger partial charge on any atom is -0.469 e. The summed E-state index contributed by atoms with van der Waals surface area (Å²) in [4.78, 5) is 35.6. The highest BCUT2D eigenvalue weighted by molar-refractivity contribution is 7.18. The third kappa shape index (κ3) is 7.54. The Morgan fingerprint density at radius 1 is 1.16 bits per heavy atom. The van der Waals surface area contributed by atoms with Crippen LogP contribution >= 0.6 is 11.3 Å². The van der Waals surface area contributed by atoms with Crippen LogP contribution in [0.2, 0.25) is 0 Å². The minimum absolute atomic E-state index is 0.245. The number of methoxy groups -OCH3 is 1. The monoisotopic (exact) mass is 528 g/mol. The average molecular weight is 529 g/mol. The molecule has 200 valence electrons. The van der Waals surface area contributed by atoms with Crippen molar-refractivity contribution >= 4 is 39.3 Å². The SMILES string of the molecule is CC(C)Nc1ncc(-c2nc(N3CCOCC3)c3cc(CN4CCNCC4)sc3n2)cn1.COC(C)=O. The van der Waals surface area contributed by atoms with Gasteiger partial charge in [0, 0.05) is 76.0 Å². The lowest BCUT2D eigenvalue weighted by Crippen LogP contribution is -2.42. The van der Waals surface area contributed by atoms with Crippen LogP contribution in [0.25, 0.3) is 21.6 Å². The van der Waals surface area contributed by atoms with Crippen molar-refractivity contribution in [1.29, 1.82) is 0 Å². The van der Waals surface area contributed by atoms with Gasteiger partial charge in [0.05, 0.1) is 31.3 Å². The molecule has 37 heavy (non-hydrogen) atoms. The van der Waals surface area contributed by atoms with Crippen LogP contribution in [0, 0.1) is 0 Å². The number of nitrogens with one attached hydrogen (secondary N) is 2. The number of hydrogen-bond donors (Lipinski definition) is 2. The summed E-state index contributed by atoms with van der Waals surface area (Å²) < 4.78 is 9.69. The molecule has 0 amide bonds. The number of morpholine rings is 1. The smallest absolute Gasteiger partial charge is 0.302 e. The second kappa shape index (κ2) is 13.0. The molecule has 0 unspecified atom stereocenters. The third-order valence-electron chi connectivity index (χ3n) is 5.94. The molecule has 2 aliphatic heterocycles. The number of carbonyl (C=O) groups is 1. The summed E-state index contributed by atoms with van der Waals surface area (Å²) in [5, 5.41) is 7.78.